The zero-order chi connectivity index (χ0) is 12.2. The lowest BCUT2D eigenvalue weighted by atomic mass is 10.1. The van der Waals surface area contributed by atoms with Crippen molar-refractivity contribution in [1.82, 2.24) is 4.98 Å². The molecule has 0 bridgehead atoms. The van der Waals surface area contributed by atoms with E-state index in [0.29, 0.717) is 5.92 Å². The van der Waals surface area contributed by atoms with Crippen molar-refractivity contribution in [2.45, 2.75) is 37.1 Å². The van der Waals surface area contributed by atoms with Crippen LogP contribution in [-0.2, 0) is 10.3 Å². The molecule has 3 nitrogen and oxygen atoms in total. The van der Waals surface area contributed by atoms with E-state index in [2.05, 4.69) is 23.2 Å². The van der Waals surface area contributed by atoms with Gasteiger partial charge in [0, 0.05) is 5.92 Å². The summed E-state index contributed by atoms with van der Waals surface area (Å²) < 4.78 is 1.24. The van der Waals surface area contributed by atoms with Crippen LogP contribution in [0.3, 0.4) is 0 Å². The van der Waals surface area contributed by atoms with Gasteiger partial charge in [-0.15, -0.1) is 11.3 Å². The molecule has 0 atom stereocenters. The van der Waals surface area contributed by atoms with E-state index in [1.54, 1.807) is 17.4 Å². The van der Waals surface area contributed by atoms with Crippen molar-refractivity contribution >= 4 is 27.6 Å². The maximum atomic E-state index is 10.5. The van der Waals surface area contributed by atoms with Gasteiger partial charge in [-0.2, -0.15) is 4.99 Å². The van der Waals surface area contributed by atoms with Crippen LogP contribution in [0.4, 0.5) is 0 Å². The smallest absolute Gasteiger partial charge is 0.235 e. The highest BCUT2D eigenvalue weighted by molar-refractivity contribution is 7.18. The summed E-state index contributed by atoms with van der Waals surface area (Å²) in [7, 11) is 0. The summed E-state index contributed by atoms with van der Waals surface area (Å²) in [5.74, 6) is 0.703. The molecule has 1 heterocycles. The van der Waals surface area contributed by atoms with Crippen LogP contribution in [0.1, 0.15) is 42.2 Å². The Hall–Kier alpha value is -1.51. The van der Waals surface area contributed by atoms with Crippen LogP contribution in [0.15, 0.2) is 23.2 Å². The average molecular weight is 256 g/mol. The molecule has 2 saturated carbocycles. The van der Waals surface area contributed by atoms with Crippen LogP contribution >= 0.6 is 11.3 Å². The number of hydrogen-bond donors (Lipinski definition) is 0. The van der Waals surface area contributed by atoms with Gasteiger partial charge in [-0.05, 0) is 43.4 Å². The summed E-state index contributed by atoms with van der Waals surface area (Å²) in [6.45, 7) is 0. The van der Waals surface area contributed by atoms with Gasteiger partial charge in [0.15, 0.2) is 0 Å². The predicted octanol–water partition coefficient (Wildman–Crippen LogP) is 3.50. The molecule has 2 aliphatic rings. The maximum absolute atomic E-state index is 10.5. The van der Waals surface area contributed by atoms with E-state index in [0.717, 1.165) is 23.9 Å². The fourth-order valence-electron chi connectivity index (χ4n) is 2.41. The number of hydrogen-bond acceptors (Lipinski definition) is 4. The minimum Gasteiger partial charge on any atom is -0.241 e. The Morgan fingerprint density at radius 3 is 2.89 bits per heavy atom. The van der Waals surface area contributed by atoms with Gasteiger partial charge in [-0.25, -0.2) is 9.78 Å². The fraction of sp³-hybridized carbons (Fsp3) is 0.429. The number of aliphatic imine (C=N–C) groups is 1. The standard InChI is InChI=1S/C14H12N2OS/c17-8-15-14(5-6-14)10-3-4-12-11(7-10)16-13(18-12)9-1-2-9/h3-4,7,9H,1-2,5-6H2. The number of isocyanates is 1. The largest absolute Gasteiger partial charge is 0.241 e. The summed E-state index contributed by atoms with van der Waals surface area (Å²) in [5, 5.41) is 1.27. The van der Waals surface area contributed by atoms with Crippen molar-refractivity contribution in [2.75, 3.05) is 0 Å². The van der Waals surface area contributed by atoms with E-state index in [-0.39, 0.29) is 5.54 Å². The molecule has 90 valence electrons. The molecule has 0 radical (unpaired) electrons. The Labute approximate surface area is 109 Å². The van der Waals surface area contributed by atoms with E-state index in [9.17, 15) is 4.79 Å². The molecule has 0 spiro atoms. The molecule has 18 heavy (non-hydrogen) atoms. The van der Waals surface area contributed by atoms with Gasteiger partial charge in [-0.3, -0.25) is 0 Å². The molecular formula is C14H12N2OS. The van der Waals surface area contributed by atoms with Crippen molar-refractivity contribution in [3.63, 3.8) is 0 Å². The van der Waals surface area contributed by atoms with Crippen molar-refractivity contribution in [3.05, 3.63) is 28.8 Å². The van der Waals surface area contributed by atoms with Crippen LogP contribution in [0.2, 0.25) is 0 Å². The minimum atomic E-state index is -0.278. The van der Waals surface area contributed by atoms with E-state index in [4.69, 9.17) is 4.98 Å². The topological polar surface area (TPSA) is 42.3 Å². The molecule has 1 aromatic carbocycles. The lowest BCUT2D eigenvalue weighted by Crippen LogP contribution is -2.01. The second kappa shape index (κ2) is 3.50. The lowest BCUT2D eigenvalue weighted by molar-refractivity contribution is 0.556. The van der Waals surface area contributed by atoms with Gasteiger partial charge in [0.1, 0.15) is 0 Å². The SMILES string of the molecule is O=C=NC1(c2ccc3sc(C4CC4)nc3c2)CC1. The molecule has 4 heteroatoms. The Kier molecular flexibility index (Phi) is 2.02. The van der Waals surface area contributed by atoms with E-state index >= 15 is 0 Å². The van der Waals surface area contributed by atoms with Gasteiger partial charge >= 0.3 is 0 Å². The first-order valence-corrected chi connectivity index (χ1v) is 7.12. The van der Waals surface area contributed by atoms with E-state index < -0.39 is 0 Å². The number of fused-ring (bicyclic) bond motifs is 1. The monoisotopic (exact) mass is 256 g/mol. The zero-order valence-electron chi connectivity index (χ0n) is 9.85. The summed E-state index contributed by atoms with van der Waals surface area (Å²) in [4.78, 5) is 19.2. The lowest BCUT2D eigenvalue weighted by Gasteiger charge is -2.06. The first kappa shape index (κ1) is 10.4. The molecule has 1 aromatic heterocycles. The molecule has 4 rings (SSSR count). The first-order chi connectivity index (χ1) is 8.81. The molecule has 0 N–H and O–H groups in total. The van der Waals surface area contributed by atoms with Crippen LogP contribution in [0.5, 0.6) is 0 Å². The van der Waals surface area contributed by atoms with Gasteiger partial charge in [0.05, 0.1) is 20.8 Å². The quantitative estimate of drug-likeness (QED) is 0.623. The van der Waals surface area contributed by atoms with Gasteiger partial charge in [-0.1, -0.05) is 6.07 Å². The van der Waals surface area contributed by atoms with Gasteiger partial charge in [0.2, 0.25) is 6.08 Å². The summed E-state index contributed by atoms with van der Waals surface area (Å²) in [5.41, 5.74) is 1.90. The Morgan fingerprint density at radius 2 is 2.22 bits per heavy atom. The number of thiazole rings is 1. The van der Waals surface area contributed by atoms with Crippen LogP contribution in [0.25, 0.3) is 10.2 Å². The molecule has 0 aliphatic heterocycles. The molecule has 0 amide bonds. The first-order valence-electron chi connectivity index (χ1n) is 6.31. The second-order valence-corrected chi connectivity index (χ2v) is 6.31. The van der Waals surface area contributed by atoms with Crippen molar-refractivity contribution < 1.29 is 4.79 Å². The van der Waals surface area contributed by atoms with Crippen molar-refractivity contribution in [2.24, 2.45) is 4.99 Å². The molecule has 2 aromatic rings. The molecule has 0 unspecified atom stereocenters. The maximum Gasteiger partial charge on any atom is 0.235 e. The number of rotatable bonds is 3. The fourth-order valence-corrected chi connectivity index (χ4v) is 3.53. The highest BCUT2D eigenvalue weighted by atomic mass is 32.1. The van der Waals surface area contributed by atoms with Crippen LogP contribution in [-0.4, -0.2) is 11.1 Å². The highest BCUT2D eigenvalue weighted by Crippen LogP contribution is 2.50. The summed E-state index contributed by atoms with van der Waals surface area (Å²) in [6, 6.07) is 6.31. The predicted molar refractivity (Wildman–Crippen MR) is 70.6 cm³/mol. The molecular weight excluding hydrogens is 244 g/mol. The minimum absolute atomic E-state index is 0.278. The summed E-state index contributed by atoms with van der Waals surface area (Å²) in [6.07, 6.45) is 6.18. The Balaban J connectivity index is 1.81. The third-order valence-electron chi connectivity index (χ3n) is 3.85. The number of nitrogens with zero attached hydrogens (tertiary/aromatic N) is 2. The van der Waals surface area contributed by atoms with Crippen molar-refractivity contribution in [3.8, 4) is 0 Å². The number of benzene rings is 1. The highest BCUT2D eigenvalue weighted by Gasteiger charge is 2.45. The van der Waals surface area contributed by atoms with E-state index in [1.165, 1.54) is 22.5 Å². The summed E-state index contributed by atoms with van der Waals surface area (Å²) >= 11 is 1.80. The van der Waals surface area contributed by atoms with Crippen LogP contribution < -0.4 is 0 Å². The van der Waals surface area contributed by atoms with Gasteiger partial charge in [0.25, 0.3) is 0 Å². The molecule has 2 fully saturated rings. The Bertz CT molecular complexity index is 676. The number of aromatic nitrogens is 1. The zero-order valence-corrected chi connectivity index (χ0v) is 10.7. The third-order valence-corrected chi connectivity index (χ3v) is 5.05. The van der Waals surface area contributed by atoms with Gasteiger partial charge < -0.3 is 0 Å². The van der Waals surface area contributed by atoms with Crippen molar-refractivity contribution in [1.29, 1.82) is 0 Å². The van der Waals surface area contributed by atoms with E-state index in [1.807, 2.05) is 0 Å². The normalized spacial score (nSPS) is 20.7. The third kappa shape index (κ3) is 1.53. The average Bonchev–Trinajstić information content (AvgIpc) is 3.28. The Morgan fingerprint density at radius 1 is 1.39 bits per heavy atom. The molecule has 0 saturated heterocycles. The molecule has 2 aliphatic carbocycles. The van der Waals surface area contributed by atoms with Crippen LogP contribution in [0, 0.1) is 0 Å². The second-order valence-electron chi connectivity index (χ2n) is 5.24. The number of carbonyl (C=O) groups excluding carboxylic acids is 1.